The normalized spacial score (nSPS) is 20.7. The number of rotatable bonds is 3. The number of hydrogen-bond acceptors (Lipinski definition) is 1. The molecule has 1 aromatic rings. The van der Waals surface area contributed by atoms with Crippen LogP contribution in [0.5, 0.6) is 5.75 Å². The lowest BCUT2D eigenvalue weighted by Gasteiger charge is -2.40. The Kier molecular flexibility index (Phi) is 4.28. The van der Waals surface area contributed by atoms with Crippen molar-refractivity contribution in [1.29, 1.82) is 0 Å². The summed E-state index contributed by atoms with van der Waals surface area (Å²) in [5.41, 5.74) is 3.25. The third-order valence-corrected chi connectivity index (χ3v) is 4.96. The Morgan fingerprint density at radius 2 is 1.67 bits per heavy atom. The van der Waals surface area contributed by atoms with Gasteiger partial charge >= 0.3 is 0 Å². The molecule has 0 N–H and O–H groups in total. The molecule has 110 valence electrons. The molecule has 0 bridgehead atoms. The molecule has 0 aromatic heterocycles. The summed E-state index contributed by atoms with van der Waals surface area (Å²) in [5.74, 6) is 0.944. The summed E-state index contributed by atoms with van der Waals surface area (Å²) in [5, 5.41) is 0. The lowest BCUT2D eigenvalue weighted by molar-refractivity contribution is 0.335. The third kappa shape index (κ3) is 2.83. The molecule has 21 heavy (non-hydrogen) atoms. The maximum absolute atomic E-state index is 5.32. The summed E-state index contributed by atoms with van der Waals surface area (Å²) >= 11 is 0. The maximum Gasteiger partial charge on any atom is 0.118 e. The molecule has 0 atom stereocenters. The van der Waals surface area contributed by atoms with E-state index in [0.717, 1.165) is 12.2 Å². The largest absolute Gasteiger partial charge is 0.497 e. The first-order valence-electron chi connectivity index (χ1n) is 8.02. The summed E-state index contributed by atoms with van der Waals surface area (Å²) < 4.78 is 5.32. The summed E-state index contributed by atoms with van der Waals surface area (Å²) in [7, 11) is 1.73. The highest BCUT2D eigenvalue weighted by Crippen LogP contribution is 2.46. The molecule has 0 unspecified atom stereocenters. The number of benzene rings is 1. The van der Waals surface area contributed by atoms with Crippen LogP contribution in [-0.2, 0) is 5.41 Å². The van der Waals surface area contributed by atoms with Gasteiger partial charge in [-0.25, -0.2) is 0 Å². The van der Waals surface area contributed by atoms with E-state index in [1.54, 1.807) is 12.7 Å². The average Bonchev–Trinajstić information content (AvgIpc) is 2.85. The first-order valence-corrected chi connectivity index (χ1v) is 8.02. The second-order valence-electron chi connectivity index (χ2n) is 6.08. The van der Waals surface area contributed by atoms with Crippen molar-refractivity contribution >= 4 is 0 Å². The standard InChI is InChI=1S/C20H24O/c1-21-19-13-11-18(12-14-19)20(15-7-4-8-16-20)17-9-5-2-3-6-10-17/h2-3,5-6,9,11-14H,4,7-8,10,15-16H2,1H3. The van der Waals surface area contributed by atoms with Gasteiger partial charge in [-0.05, 0) is 37.0 Å². The smallest absolute Gasteiger partial charge is 0.118 e. The molecule has 1 heteroatoms. The molecule has 1 nitrogen and oxygen atoms in total. The van der Waals surface area contributed by atoms with Gasteiger partial charge < -0.3 is 4.74 Å². The van der Waals surface area contributed by atoms with Gasteiger partial charge in [-0.2, -0.15) is 0 Å². The number of ether oxygens (including phenoxy) is 1. The van der Waals surface area contributed by atoms with Crippen molar-refractivity contribution in [2.75, 3.05) is 7.11 Å². The van der Waals surface area contributed by atoms with Gasteiger partial charge in [-0.15, -0.1) is 0 Å². The van der Waals surface area contributed by atoms with Crippen molar-refractivity contribution in [2.24, 2.45) is 0 Å². The first-order chi connectivity index (χ1) is 10.3. The minimum absolute atomic E-state index is 0.226. The molecule has 0 spiro atoms. The average molecular weight is 280 g/mol. The van der Waals surface area contributed by atoms with Crippen molar-refractivity contribution < 1.29 is 4.74 Å². The predicted octanol–water partition coefficient (Wildman–Crippen LogP) is 5.34. The molecule has 2 aliphatic carbocycles. The van der Waals surface area contributed by atoms with Crippen LogP contribution in [0.15, 0.2) is 60.2 Å². The Labute approximate surface area is 128 Å². The number of allylic oxidation sites excluding steroid dienone is 6. The first kappa shape index (κ1) is 14.2. The summed E-state index contributed by atoms with van der Waals surface area (Å²) in [4.78, 5) is 0. The fraction of sp³-hybridized carbons (Fsp3) is 0.400. The summed E-state index contributed by atoms with van der Waals surface area (Å²) in [6.07, 6.45) is 18.8. The Balaban J connectivity index is 2.01. The van der Waals surface area contributed by atoms with Crippen LogP contribution in [0.25, 0.3) is 0 Å². The molecule has 2 aliphatic rings. The minimum Gasteiger partial charge on any atom is -0.497 e. The highest BCUT2D eigenvalue weighted by atomic mass is 16.5. The van der Waals surface area contributed by atoms with Gasteiger partial charge in [0.1, 0.15) is 5.75 Å². The van der Waals surface area contributed by atoms with E-state index in [9.17, 15) is 0 Å². The Bertz CT molecular complexity index is 554. The van der Waals surface area contributed by atoms with Crippen molar-refractivity contribution in [3.05, 3.63) is 65.8 Å². The molecule has 0 radical (unpaired) electrons. The van der Waals surface area contributed by atoms with Gasteiger partial charge in [-0.1, -0.05) is 67.3 Å². The van der Waals surface area contributed by atoms with E-state index in [4.69, 9.17) is 4.74 Å². The fourth-order valence-electron chi connectivity index (χ4n) is 3.79. The van der Waals surface area contributed by atoms with Crippen LogP contribution >= 0.6 is 0 Å². The fourth-order valence-corrected chi connectivity index (χ4v) is 3.79. The van der Waals surface area contributed by atoms with Crippen molar-refractivity contribution in [3.63, 3.8) is 0 Å². The number of methoxy groups -OCH3 is 1. The van der Waals surface area contributed by atoms with E-state index < -0.39 is 0 Å². The highest BCUT2D eigenvalue weighted by Gasteiger charge is 2.36. The van der Waals surface area contributed by atoms with Crippen LogP contribution in [0.1, 0.15) is 44.1 Å². The van der Waals surface area contributed by atoms with E-state index in [-0.39, 0.29) is 5.41 Å². The van der Waals surface area contributed by atoms with Crippen molar-refractivity contribution in [2.45, 2.75) is 43.9 Å². The van der Waals surface area contributed by atoms with Crippen LogP contribution < -0.4 is 4.74 Å². The Morgan fingerprint density at radius 3 is 2.38 bits per heavy atom. The molecule has 1 saturated carbocycles. The Morgan fingerprint density at radius 1 is 0.905 bits per heavy atom. The second-order valence-corrected chi connectivity index (χ2v) is 6.08. The summed E-state index contributed by atoms with van der Waals surface area (Å²) in [6.45, 7) is 0. The second kappa shape index (κ2) is 6.34. The molecule has 3 rings (SSSR count). The quantitative estimate of drug-likeness (QED) is 0.726. The van der Waals surface area contributed by atoms with Crippen molar-refractivity contribution in [1.82, 2.24) is 0 Å². The topological polar surface area (TPSA) is 9.23 Å². The molecule has 0 heterocycles. The van der Waals surface area contributed by atoms with E-state index in [1.807, 2.05) is 0 Å². The molecule has 0 amide bonds. The molecule has 0 aliphatic heterocycles. The Hall–Kier alpha value is -1.76. The zero-order valence-corrected chi connectivity index (χ0v) is 12.8. The van der Waals surface area contributed by atoms with Gasteiger partial charge in [-0.3, -0.25) is 0 Å². The minimum atomic E-state index is 0.226. The molecule has 1 aromatic carbocycles. The van der Waals surface area contributed by atoms with Crippen LogP contribution in [0.2, 0.25) is 0 Å². The lowest BCUT2D eigenvalue weighted by Crippen LogP contribution is -2.31. The van der Waals surface area contributed by atoms with Gasteiger partial charge in [0, 0.05) is 5.41 Å². The lowest BCUT2D eigenvalue weighted by atomic mass is 9.64. The maximum atomic E-state index is 5.32. The summed E-state index contributed by atoms with van der Waals surface area (Å²) in [6, 6.07) is 8.75. The highest BCUT2D eigenvalue weighted by molar-refractivity contribution is 5.43. The molecule has 0 saturated heterocycles. The van der Waals surface area contributed by atoms with Crippen LogP contribution in [0.4, 0.5) is 0 Å². The molecular formula is C20H24O. The van der Waals surface area contributed by atoms with Crippen LogP contribution in [0.3, 0.4) is 0 Å². The van der Waals surface area contributed by atoms with E-state index in [2.05, 4.69) is 54.6 Å². The SMILES string of the molecule is COc1ccc(C2(C3=CC=CC=CC3)CCCCC2)cc1. The van der Waals surface area contributed by atoms with E-state index in [1.165, 1.54) is 37.7 Å². The van der Waals surface area contributed by atoms with Crippen LogP contribution in [0, 0.1) is 0 Å². The van der Waals surface area contributed by atoms with Gasteiger partial charge in [0.2, 0.25) is 0 Å². The van der Waals surface area contributed by atoms with Gasteiger partial charge in [0.15, 0.2) is 0 Å². The van der Waals surface area contributed by atoms with E-state index in [0.29, 0.717) is 0 Å². The third-order valence-electron chi connectivity index (χ3n) is 4.96. The zero-order chi connectivity index (χ0) is 14.5. The molecule has 1 fully saturated rings. The van der Waals surface area contributed by atoms with Crippen molar-refractivity contribution in [3.8, 4) is 5.75 Å². The number of hydrogen-bond donors (Lipinski definition) is 0. The van der Waals surface area contributed by atoms with Crippen LogP contribution in [-0.4, -0.2) is 7.11 Å². The van der Waals surface area contributed by atoms with Gasteiger partial charge in [0.05, 0.1) is 7.11 Å². The zero-order valence-electron chi connectivity index (χ0n) is 12.8. The van der Waals surface area contributed by atoms with E-state index >= 15 is 0 Å². The predicted molar refractivity (Wildman–Crippen MR) is 88.7 cm³/mol. The monoisotopic (exact) mass is 280 g/mol. The van der Waals surface area contributed by atoms with Gasteiger partial charge in [0.25, 0.3) is 0 Å². The molecular weight excluding hydrogens is 256 g/mol.